The summed E-state index contributed by atoms with van der Waals surface area (Å²) in [4.78, 5) is 29.6. The van der Waals surface area contributed by atoms with Crippen LogP contribution >= 0.6 is 0 Å². The average molecular weight is 442 g/mol. The molecule has 2 aromatic carbocycles. The summed E-state index contributed by atoms with van der Waals surface area (Å²) in [6, 6.07) is 9.60. The lowest BCUT2D eigenvalue weighted by Crippen LogP contribution is -2.47. The lowest BCUT2D eigenvalue weighted by Gasteiger charge is -2.37. The molecule has 4 rings (SSSR count). The maximum atomic E-state index is 14.6. The standard InChI is InChI=1S/C24H24F2N2O4/c1-4-31-18-8-5-16(6-9-18)21-22(27-12-14(2)32-15(3)13-27)24(30)28(23(21)29)20-10-7-17(25)11-19(20)26/h5-11,14-15H,4,12-13H2,1-3H3. The summed E-state index contributed by atoms with van der Waals surface area (Å²) in [5.74, 6) is -2.45. The van der Waals surface area contributed by atoms with Crippen LogP contribution in [0, 0.1) is 11.6 Å². The molecule has 0 radical (unpaired) electrons. The molecule has 2 amide bonds. The first-order valence-electron chi connectivity index (χ1n) is 10.5. The predicted molar refractivity (Wildman–Crippen MR) is 115 cm³/mol. The minimum absolute atomic E-state index is 0.160. The van der Waals surface area contributed by atoms with Crippen LogP contribution in [0.15, 0.2) is 48.2 Å². The molecule has 1 fully saturated rings. The number of benzene rings is 2. The zero-order chi connectivity index (χ0) is 23.0. The molecule has 2 unspecified atom stereocenters. The van der Waals surface area contributed by atoms with E-state index in [9.17, 15) is 18.4 Å². The SMILES string of the molecule is CCOc1ccc(C2=C(N3CC(C)OC(C)C3)C(=O)N(c3ccc(F)cc3F)C2=O)cc1. The number of anilines is 1. The van der Waals surface area contributed by atoms with E-state index in [0.717, 1.165) is 17.0 Å². The number of carbonyl (C=O) groups is 2. The number of morpholine rings is 1. The summed E-state index contributed by atoms with van der Waals surface area (Å²) in [7, 11) is 0. The molecule has 0 bridgehead atoms. The van der Waals surface area contributed by atoms with E-state index in [1.54, 1.807) is 24.3 Å². The van der Waals surface area contributed by atoms with Crippen LogP contribution in [0.3, 0.4) is 0 Å². The number of ether oxygens (including phenoxy) is 2. The number of hydrogen-bond acceptors (Lipinski definition) is 5. The Morgan fingerprint density at radius 1 is 1.00 bits per heavy atom. The summed E-state index contributed by atoms with van der Waals surface area (Å²) in [6.07, 6.45) is -0.320. The second-order valence-corrected chi connectivity index (χ2v) is 7.88. The molecule has 0 aromatic heterocycles. The van der Waals surface area contributed by atoms with E-state index in [1.807, 2.05) is 25.7 Å². The molecule has 0 aliphatic carbocycles. The first-order valence-corrected chi connectivity index (χ1v) is 10.5. The normalized spacial score (nSPS) is 21.5. The highest BCUT2D eigenvalue weighted by molar-refractivity contribution is 6.45. The number of rotatable bonds is 5. The highest BCUT2D eigenvalue weighted by Gasteiger charge is 2.44. The summed E-state index contributed by atoms with van der Waals surface area (Å²) >= 11 is 0. The van der Waals surface area contributed by atoms with Crippen molar-refractivity contribution in [2.75, 3.05) is 24.6 Å². The van der Waals surface area contributed by atoms with Crippen LogP contribution < -0.4 is 9.64 Å². The maximum Gasteiger partial charge on any atom is 0.282 e. The number of carbonyl (C=O) groups excluding carboxylic acids is 2. The third-order valence-electron chi connectivity index (χ3n) is 5.40. The molecule has 2 heterocycles. The molecular weight excluding hydrogens is 418 g/mol. The molecule has 2 aliphatic heterocycles. The molecule has 8 heteroatoms. The molecule has 2 aliphatic rings. The van der Waals surface area contributed by atoms with Crippen molar-refractivity contribution < 1.29 is 27.8 Å². The Morgan fingerprint density at radius 2 is 1.66 bits per heavy atom. The molecular formula is C24H24F2N2O4. The summed E-state index contributed by atoms with van der Waals surface area (Å²) in [5.41, 5.74) is 0.584. The van der Waals surface area contributed by atoms with Gasteiger partial charge in [-0.2, -0.15) is 0 Å². The molecule has 2 aromatic rings. The fourth-order valence-corrected chi connectivity index (χ4v) is 4.20. The minimum Gasteiger partial charge on any atom is -0.494 e. The van der Waals surface area contributed by atoms with E-state index in [1.165, 1.54) is 0 Å². The van der Waals surface area contributed by atoms with E-state index in [2.05, 4.69) is 0 Å². The van der Waals surface area contributed by atoms with Crippen molar-refractivity contribution in [3.05, 3.63) is 65.4 Å². The molecule has 2 atom stereocenters. The van der Waals surface area contributed by atoms with Crippen molar-refractivity contribution in [1.29, 1.82) is 0 Å². The fraction of sp³-hybridized carbons (Fsp3) is 0.333. The van der Waals surface area contributed by atoms with Gasteiger partial charge in [0.25, 0.3) is 11.8 Å². The van der Waals surface area contributed by atoms with Crippen molar-refractivity contribution in [3.8, 4) is 5.75 Å². The number of nitrogens with zero attached hydrogens (tertiary/aromatic N) is 2. The van der Waals surface area contributed by atoms with E-state index in [0.29, 0.717) is 37.1 Å². The number of amides is 2. The van der Waals surface area contributed by atoms with E-state index in [4.69, 9.17) is 9.47 Å². The predicted octanol–water partition coefficient (Wildman–Crippen LogP) is 3.76. The minimum atomic E-state index is -0.984. The lowest BCUT2D eigenvalue weighted by atomic mass is 10.0. The highest BCUT2D eigenvalue weighted by atomic mass is 19.1. The van der Waals surface area contributed by atoms with Crippen LogP contribution in [0.5, 0.6) is 5.75 Å². The molecule has 168 valence electrons. The van der Waals surface area contributed by atoms with E-state index < -0.39 is 23.4 Å². The molecule has 0 saturated carbocycles. The summed E-state index contributed by atoms with van der Waals surface area (Å²) in [6.45, 7) is 6.93. The quantitative estimate of drug-likeness (QED) is 0.660. The monoisotopic (exact) mass is 442 g/mol. The zero-order valence-corrected chi connectivity index (χ0v) is 18.1. The molecule has 32 heavy (non-hydrogen) atoms. The third kappa shape index (κ3) is 3.98. The Kier molecular flexibility index (Phi) is 5.97. The Labute approximate surface area is 185 Å². The van der Waals surface area contributed by atoms with Gasteiger partial charge in [-0.3, -0.25) is 9.59 Å². The van der Waals surface area contributed by atoms with Crippen LogP contribution in [0.2, 0.25) is 0 Å². The van der Waals surface area contributed by atoms with Crippen LogP contribution in [-0.2, 0) is 14.3 Å². The maximum absolute atomic E-state index is 14.6. The number of imide groups is 1. The first kappa shape index (κ1) is 22.0. The first-order chi connectivity index (χ1) is 15.3. The van der Waals surface area contributed by atoms with Gasteiger partial charge in [0.1, 0.15) is 23.1 Å². The number of halogens is 2. The zero-order valence-electron chi connectivity index (χ0n) is 18.1. The van der Waals surface area contributed by atoms with Gasteiger partial charge in [0.2, 0.25) is 0 Å². The largest absolute Gasteiger partial charge is 0.494 e. The lowest BCUT2D eigenvalue weighted by molar-refractivity contribution is -0.121. The van der Waals surface area contributed by atoms with Crippen LogP contribution in [0.1, 0.15) is 26.3 Å². The fourth-order valence-electron chi connectivity index (χ4n) is 4.20. The van der Waals surface area contributed by atoms with Gasteiger partial charge in [-0.25, -0.2) is 13.7 Å². The Bertz CT molecular complexity index is 1070. The molecule has 1 saturated heterocycles. The second-order valence-electron chi connectivity index (χ2n) is 7.88. The van der Waals surface area contributed by atoms with Gasteiger partial charge >= 0.3 is 0 Å². The van der Waals surface area contributed by atoms with Crippen molar-refractivity contribution in [1.82, 2.24) is 4.90 Å². The number of hydrogen-bond donors (Lipinski definition) is 0. The van der Waals surface area contributed by atoms with Crippen molar-refractivity contribution in [3.63, 3.8) is 0 Å². The van der Waals surface area contributed by atoms with Gasteiger partial charge < -0.3 is 14.4 Å². The van der Waals surface area contributed by atoms with E-state index in [-0.39, 0.29) is 29.2 Å². The van der Waals surface area contributed by atoms with Crippen LogP contribution in [-0.4, -0.2) is 48.6 Å². The van der Waals surface area contributed by atoms with Gasteiger partial charge in [-0.05, 0) is 50.6 Å². The van der Waals surface area contributed by atoms with Gasteiger partial charge in [-0.15, -0.1) is 0 Å². The highest BCUT2D eigenvalue weighted by Crippen LogP contribution is 2.37. The average Bonchev–Trinajstić information content (AvgIpc) is 2.99. The van der Waals surface area contributed by atoms with Gasteiger partial charge in [0, 0.05) is 19.2 Å². The Hall–Kier alpha value is -3.26. The van der Waals surface area contributed by atoms with Crippen LogP contribution in [0.4, 0.5) is 14.5 Å². The molecule has 0 N–H and O–H groups in total. The van der Waals surface area contributed by atoms with Gasteiger partial charge in [0.05, 0.1) is 30.1 Å². The smallest absolute Gasteiger partial charge is 0.282 e. The van der Waals surface area contributed by atoms with Gasteiger partial charge in [-0.1, -0.05) is 12.1 Å². The summed E-state index contributed by atoms with van der Waals surface area (Å²) in [5, 5.41) is 0. The second kappa shape index (κ2) is 8.70. The third-order valence-corrected chi connectivity index (χ3v) is 5.40. The molecule has 0 spiro atoms. The van der Waals surface area contributed by atoms with Crippen molar-refractivity contribution in [2.45, 2.75) is 33.0 Å². The van der Waals surface area contributed by atoms with E-state index >= 15 is 0 Å². The van der Waals surface area contributed by atoms with Crippen molar-refractivity contribution in [2.24, 2.45) is 0 Å². The molecule has 6 nitrogen and oxygen atoms in total. The summed E-state index contributed by atoms with van der Waals surface area (Å²) < 4.78 is 39.2. The van der Waals surface area contributed by atoms with Crippen LogP contribution in [0.25, 0.3) is 5.57 Å². The van der Waals surface area contributed by atoms with Gasteiger partial charge in [0.15, 0.2) is 0 Å². The Morgan fingerprint density at radius 3 is 2.25 bits per heavy atom. The topological polar surface area (TPSA) is 59.1 Å². The van der Waals surface area contributed by atoms with Crippen molar-refractivity contribution >= 4 is 23.1 Å². The Balaban J connectivity index is 1.82.